The van der Waals surface area contributed by atoms with Gasteiger partial charge < -0.3 is 5.32 Å². The Morgan fingerprint density at radius 3 is 2.63 bits per heavy atom. The topological polar surface area (TPSA) is 12.0 Å². The molecular weight excluding hydrogens is 250 g/mol. The monoisotopic (exact) mass is 273 g/mol. The van der Waals surface area contributed by atoms with E-state index in [4.69, 9.17) is 0 Å². The molecule has 1 aliphatic rings. The Balaban J connectivity index is 1.95. The van der Waals surface area contributed by atoms with E-state index in [9.17, 15) is 0 Å². The quantitative estimate of drug-likeness (QED) is 0.850. The summed E-state index contributed by atoms with van der Waals surface area (Å²) in [5, 5.41) is 5.08. The van der Waals surface area contributed by atoms with Gasteiger partial charge in [-0.1, -0.05) is 26.8 Å². The van der Waals surface area contributed by atoms with Crippen molar-refractivity contribution in [2.24, 2.45) is 0 Å². The third-order valence-corrected chi connectivity index (χ3v) is 5.30. The second-order valence-corrected chi connectivity index (χ2v) is 7.90. The van der Waals surface area contributed by atoms with E-state index < -0.39 is 0 Å². The number of rotatable bonds is 3. The third-order valence-electron chi connectivity index (χ3n) is 4.03. The average molecular weight is 273 g/mol. The van der Waals surface area contributed by atoms with Crippen LogP contribution in [0.1, 0.15) is 49.6 Å². The molecule has 0 atom stereocenters. The van der Waals surface area contributed by atoms with Gasteiger partial charge in [-0.25, -0.2) is 0 Å². The summed E-state index contributed by atoms with van der Waals surface area (Å²) in [7, 11) is 0. The number of aryl methyl sites for hydroxylation is 1. The highest BCUT2D eigenvalue weighted by Gasteiger charge is 2.21. The van der Waals surface area contributed by atoms with Crippen molar-refractivity contribution < 1.29 is 0 Å². The average Bonchev–Trinajstić information content (AvgIpc) is 3.11. The third kappa shape index (κ3) is 2.70. The molecule has 0 unspecified atom stereocenters. The molecule has 0 saturated heterocycles. The predicted octanol–water partition coefficient (Wildman–Crippen LogP) is 4.76. The number of thiophene rings is 1. The van der Waals surface area contributed by atoms with Gasteiger partial charge in [0.15, 0.2) is 0 Å². The van der Waals surface area contributed by atoms with Crippen LogP contribution in [0.25, 0.3) is 10.1 Å². The first-order valence-electron chi connectivity index (χ1n) is 7.21. The predicted molar refractivity (Wildman–Crippen MR) is 85.1 cm³/mol. The number of hydrogen-bond donors (Lipinski definition) is 1. The summed E-state index contributed by atoms with van der Waals surface area (Å²) in [6.45, 7) is 10.2. The van der Waals surface area contributed by atoms with Gasteiger partial charge in [-0.15, -0.1) is 11.3 Å². The van der Waals surface area contributed by atoms with Crippen molar-refractivity contribution in [3.05, 3.63) is 34.2 Å². The Bertz CT molecular complexity index is 599. The standard InChI is InChI=1S/C17H23NS/c1-11-14-9-12(17(2,3)4)5-8-15(14)19-16(11)10-18-13-6-7-13/h5,8-9,13,18H,6-7,10H2,1-4H3. The van der Waals surface area contributed by atoms with Crippen LogP contribution < -0.4 is 5.32 Å². The molecule has 1 N–H and O–H groups in total. The Morgan fingerprint density at radius 2 is 2.00 bits per heavy atom. The first-order valence-corrected chi connectivity index (χ1v) is 8.03. The van der Waals surface area contributed by atoms with E-state index in [0.717, 1.165) is 12.6 Å². The largest absolute Gasteiger partial charge is 0.309 e. The second kappa shape index (κ2) is 4.60. The van der Waals surface area contributed by atoms with Gasteiger partial charge in [0.1, 0.15) is 0 Å². The van der Waals surface area contributed by atoms with E-state index >= 15 is 0 Å². The minimum Gasteiger partial charge on any atom is -0.309 e. The Morgan fingerprint density at radius 1 is 1.26 bits per heavy atom. The number of fused-ring (bicyclic) bond motifs is 1. The van der Waals surface area contributed by atoms with Crippen LogP contribution in [0, 0.1) is 6.92 Å². The minimum atomic E-state index is 0.231. The Hall–Kier alpha value is -0.860. The van der Waals surface area contributed by atoms with Gasteiger partial charge in [-0.05, 0) is 53.8 Å². The molecule has 3 rings (SSSR count). The van der Waals surface area contributed by atoms with Crippen molar-refractivity contribution in [2.75, 3.05) is 0 Å². The van der Waals surface area contributed by atoms with Crippen molar-refractivity contribution in [2.45, 2.75) is 58.5 Å². The van der Waals surface area contributed by atoms with Crippen molar-refractivity contribution in [1.29, 1.82) is 0 Å². The van der Waals surface area contributed by atoms with Gasteiger partial charge in [0.2, 0.25) is 0 Å². The fourth-order valence-corrected chi connectivity index (χ4v) is 3.57. The van der Waals surface area contributed by atoms with Crippen LogP contribution in [0.15, 0.2) is 18.2 Å². The van der Waals surface area contributed by atoms with Crippen LogP contribution in [0.4, 0.5) is 0 Å². The minimum absolute atomic E-state index is 0.231. The van der Waals surface area contributed by atoms with Gasteiger partial charge in [0, 0.05) is 22.2 Å². The summed E-state index contributed by atoms with van der Waals surface area (Å²) in [5.74, 6) is 0. The molecule has 1 aliphatic carbocycles. The summed E-state index contributed by atoms with van der Waals surface area (Å²) >= 11 is 1.95. The maximum Gasteiger partial charge on any atom is 0.0349 e. The van der Waals surface area contributed by atoms with Gasteiger partial charge in [-0.3, -0.25) is 0 Å². The number of nitrogens with one attached hydrogen (secondary N) is 1. The van der Waals surface area contributed by atoms with Gasteiger partial charge in [-0.2, -0.15) is 0 Å². The first kappa shape index (κ1) is 13.1. The lowest BCUT2D eigenvalue weighted by Crippen LogP contribution is -2.14. The molecule has 1 fully saturated rings. The van der Waals surface area contributed by atoms with E-state index in [0.29, 0.717) is 0 Å². The second-order valence-electron chi connectivity index (χ2n) is 6.77. The Kier molecular flexibility index (Phi) is 3.18. The van der Waals surface area contributed by atoms with Gasteiger partial charge in [0.05, 0.1) is 0 Å². The molecule has 0 aliphatic heterocycles. The van der Waals surface area contributed by atoms with E-state index in [1.54, 1.807) is 0 Å². The lowest BCUT2D eigenvalue weighted by Gasteiger charge is -2.19. The molecule has 2 heteroatoms. The highest BCUT2D eigenvalue weighted by atomic mass is 32.1. The summed E-state index contributed by atoms with van der Waals surface area (Å²) < 4.78 is 1.43. The van der Waals surface area contributed by atoms with Crippen LogP contribution in [0.3, 0.4) is 0 Å². The molecule has 1 aromatic carbocycles. The van der Waals surface area contributed by atoms with Gasteiger partial charge in [0.25, 0.3) is 0 Å². The molecule has 0 amide bonds. The van der Waals surface area contributed by atoms with E-state index in [1.165, 1.54) is 38.9 Å². The van der Waals surface area contributed by atoms with Crippen molar-refractivity contribution in [3.8, 4) is 0 Å². The molecule has 0 radical (unpaired) electrons. The zero-order valence-electron chi connectivity index (χ0n) is 12.3. The lowest BCUT2D eigenvalue weighted by atomic mass is 9.86. The molecule has 1 nitrogen and oxygen atoms in total. The molecule has 19 heavy (non-hydrogen) atoms. The highest BCUT2D eigenvalue weighted by Crippen LogP contribution is 2.34. The molecule has 0 spiro atoms. The summed E-state index contributed by atoms with van der Waals surface area (Å²) in [6, 6.07) is 7.77. The fraction of sp³-hybridized carbons (Fsp3) is 0.529. The normalized spacial score (nSPS) is 16.2. The highest BCUT2D eigenvalue weighted by molar-refractivity contribution is 7.19. The van der Waals surface area contributed by atoms with Gasteiger partial charge >= 0.3 is 0 Å². The fourth-order valence-electron chi connectivity index (χ4n) is 2.43. The summed E-state index contributed by atoms with van der Waals surface area (Å²) in [5.41, 5.74) is 3.14. The number of hydrogen-bond acceptors (Lipinski definition) is 2. The number of benzene rings is 1. The maximum atomic E-state index is 3.63. The lowest BCUT2D eigenvalue weighted by molar-refractivity contribution is 0.591. The molecule has 1 aromatic heterocycles. The SMILES string of the molecule is Cc1c(CNC2CC2)sc2ccc(C(C)(C)C)cc12. The summed E-state index contributed by atoms with van der Waals surface area (Å²) in [4.78, 5) is 1.51. The van der Waals surface area contributed by atoms with E-state index in [2.05, 4.69) is 51.2 Å². The molecule has 1 heterocycles. The van der Waals surface area contributed by atoms with E-state index in [-0.39, 0.29) is 5.41 Å². The Labute approximate surface area is 120 Å². The zero-order chi connectivity index (χ0) is 13.6. The van der Waals surface area contributed by atoms with Crippen molar-refractivity contribution in [1.82, 2.24) is 5.32 Å². The smallest absolute Gasteiger partial charge is 0.0349 e. The first-order chi connectivity index (χ1) is 8.95. The van der Waals surface area contributed by atoms with Crippen molar-refractivity contribution in [3.63, 3.8) is 0 Å². The van der Waals surface area contributed by atoms with Crippen LogP contribution in [0.5, 0.6) is 0 Å². The van der Waals surface area contributed by atoms with Crippen LogP contribution >= 0.6 is 11.3 Å². The summed E-state index contributed by atoms with van der Waals surface area (Å²) in [6.07, 6.45) is 2.72. The molecule has 0 bridgehead atoms. The molecule has 2 aromatic rings. The van der Waals surface area contributed by atoms with Crippen molar-refractivity contribution >= 4 is 21.4 Å². The maximum absolute atomic E-state index is 3.63. The van der Waals surface area contributed by atoms with Crippen LogP contribution in [0.2, 0.25) is 0 Å². The molecule has 1 saturated carbocycles. The molecular formula is C17H23NS. The molecule has 102 valence electrons. The zero-order valence-corrected chi connectivity index (χ0v) is 13.2. The van der Waals surface area contributed by atoms with Crippen LogP contribution in [-0.2, 0) is 12.0 Å². The van der Waals surface area contributed by atoms with E-state index in [1.807, 2.05) is 11.3 Å². The van der Waals surface area contributed by atoms with Crippen LogP contribution in [-0.4, -0.2) is 6.04 Å².